The van der Waals surface area contributed by atoms with E-state index in [1.54, 1.807) is 55.6 Å². The van der Waals surface area contributed by atoms with E-state index in [-0.39, 0.29) is 31.8 Å². The molecule has 4 N–H and O–H groups in total. The Morgan fingerprint density at radius 3 is 2.22 bits per heavy atom. The zero-order valence-electron chi connectivity index (χ0n) is 20.7. The van der Waals surface area contributed by atoms with Gasteiger partial charge in [-0.3, -0.25) is 14.5 Å². The summed E-state index contributed by atoms with van der Waals surface area (Å²) in [4.78, 5) is 42.5. The Morgan fingerprint density at radius 1 is 0.946 bits per heavy atom. The van der Waals surface area contributed by atoms with Crippen molar-refractivity contribution in [3.05, 3.63) is 53.6 Å². The van der Waals surface area contributed by atoms with E-state index >= 15 is 0 Å². The fourth-order valence-corrected chi connectivity index (χ4v) is 4.68. The van der Waals surface area contributed by atoms with Crippen molar-refractivity contribution in [1.29, 1.82) is 0 Å². The number of carbonyl (C=O) groups excluding carboxylic acids is 3. The summed E-state index contributed by atoms with van der Waals surface area (Å²) >= 11 is 5.91. The molecule has 2 aromatic rings. The zero-order chi connectivity index (χ0) is 26.4. The Balaban J connectivity index is 1.46. The smallest absolute Gasteiger partial charge is 0.323 e. The van der Waals surface area contributed by atoms with Gasteiger partial charge in [-0.25, -0.2) is 4.79 Å². The number of amides is 4. The first kappa shape index (κ1) is 26.6. The summed E-state index contributed by atoms with van der Waals surface area (Å²) < 4.78 is 10.8. The molecule has 2 aromatic carbocycles. The molecular weight excluding hydrogens is 498 g/mol. The average Bonchev–Trinajstić information content (AvgIpc) is 3.36. The lowest BCUT2D eigenvalue weighted by atomic mass is 9.92. The van der Waals surface area contributed by atoms with Gasteiger partial charge in [-0.15, -0.1) is 0 Å². The molecule has 2 aliphatic rings. The van der Waals surface area contributed by atoms with Crippen molar-refractivity contribution >= 4 is 35.1 Å². The number of nitrogens with two attached hydrogens (primary N) is 1. The molecule has 4 amide bonds. The number of nitrogens with one attached hydrogen (secondary N) is 2. The second-order valence-corrected chi connectivity index (χ2v) is 9.61. The molecule has 1 aliphatic heterocycles. The maximum absolute atomic E-state index is 13.4. The summed E-state index contributed by atoms with van der Waals surface area (Å²) in [5, 5.41) is 6.39. The molecule has 0 aromatic heterocycles. The lowest BCUT2D eigenvalue weighted by molar-refractivity contribution is -0.143. The van der Waals surface area contributed by atoms with E-state index in [1.165, 1.54) is 9.80 Å². The molecule has 1 saturated carbocycles. The largest absolute Gasteiger partial charge is 0.497 e. The highest BCUT2D eigenvalue weighted by molar-refractivity contribution is 6.30. The summed E-state index contributed by atoms with van der Waals surface area (Å²) in [7, 11) is 1.56. The standard InChI is InChI=1S/C26H32ClN5O5/c1-36-21-12-8-20(9-13-21)30-26(35)32-15-14-31(23(33)16-37-22-10-2-17(27)3-11-22)25(32)24(34)29-19-6-4-18(28)5-7-19/h2-3,8-13,18-19,25H,4-7,14-16,28H2,1H3,(H,29,34)(H,30,35). The van der Waals surface area contributed by atoms with Gasteiger partial charge in [0.15, 0.2) is 12.8 Å². The third kappa shape index (κ3) is 6.84. The van der Waals surface area contributed by atoms with Crippen LogP contribution >= 0.6 is 11.6 Å². The molecule has 0 spiro atoms. The number of benzene rings is 2. The molecular formula is C26H32ClN5O5. The molecule has 1 aliphatic carbocycles. The SMILES string of the molecule is COc1ccc(NC(=O)N2CCN(C(=O)COc3ccc(Cl)cc3)C2C(=O)NC2CCC(N)CC2)cc1. The van der Waals surface area contributed by atoms with Crippen LogP contribution < -0.4 is 25.8 Å². The van der Waals surface area contributed by atoms with Gasteiger partial charge < -0.3 is 30.7 Å². The van der Waals surface area contributed by atoms with Gasteiger partial charge in [0.05, 0.1) is 7.11 Å². The maximum Gasteiger partial charge on any atom is 0.323 e. The number of hydrogen-bond donors (Lipinski definition) is 3. The van der Waals surface area contributed by atoms with Crippen LogP contribution in [0.1, 0.15) is 25.7 Å². The number of urea groups is 1. The van der Waals surface area contributed by atoms with Crippen LogP contribution in [0.5, 0.6) is 11.5 Å². The van der Waals surface area contributed by atoms with Gasteiger partial charge in [0, 0.05) is 35.9 Å². The van der Waals surface area contributed by atoms with Crippen LogP contribution in [0, 0.1) is 0 Å². The van der Waals surface area contributed by atoms with E-state index < -0.39 is 24.0 Å². The first-order chi connectivity index (χ1) is 17.8. The molecule has 1 saturated heterocycles. The number of nitrogens with zero attached hydrogens (tertiary/aromatic N) is 2. The minimum absolute atomic E-state index is 0.0540. The predicted octanol–water partition coefficient (Wildman–Crippen LogP) is 2.82. The molecule has 1 heterocycles. The molecule has 0 bridgehead atoms. The quantitative estimate of drug-likeness (QED) is 0.506. The third-order valence-corrected chi connectivity index (χ3v) is 6.88. The highest BCUT2D eigenvalue weighted by Gasteiger charge is 2.43. The lowest BCUT2D eigenvalue weighted by Gasteiger charge is -2.32. The second-order valence-electron chi connectivity index (χ2n) is 9.18. The van der Waals surface area contributed by atoms with E-state index in [0.29, 0.717) is 22.2 Å². The molecule has 2 fully saturated rings. The Morgan fingerprint density at radius 2 is 1.57 bits per heavy atom. The predicted molar refractivity (Wildman–Crippen MR) is 140 cm³/mol. The molecule has 198 valence electrons. The number of ether oxygens (including phenoxy) is 2. The van der Waals surface area contributed by atoms with Crippen molar-refractivity contribution < 1.29 is 23.9 Å². The molecule has 10 nitrogen and oxygen atoms in total. The van der Waals surface area contributed by atoms with Gasteiger partial charge in [-0.05, 0) is 74.2 Å². The van der Waals surface area contributed by atoms with Crippen LogP contribution in [-0.2, 0) is 9.59 Å². The highest BCUT2D eigenvalue weighted by atomic mass is 35.5. The average molecular weight is 530 g/mol. The number of carbonyl (C=O) groups is 3. The topological polar surface area (TPSA) is 126 Å². The van der Waals surface area contributed by atoms with Crippen LogP contribution in [0.3, 0.4) is 0 Å². The molecule has 4 rings (SSSR count). The van der Waals surface area contributed by atoms with Gasteiger partial charge in [-0.2, -0.15) is 0 Å². The van der Waals surface area contributed by atoms with Crippen LogP contribution in [0.25, 0.3) is 0 Å². The van der Waals surface area contributed by atoms with Crippen molar-refractivity contribution in [2.45, 2.75) is 43.9 Å². The number of methoxy groups -OCH3 is 1. The normalized spacial score (nSPS) is 21.3. The summed E-state index contributed by atoms with van der Waals surface area (Å²) in [6.07, 6.45) is 2.04. The monoisotopic (exact) mass is 529 g/mol. The van der Waals surface area contributed by atoms with E-state index in [2.05, 4.69) is 10.6 Å². The van der Waals surface area contributed by atoms with E-state index in [0.717, 1.165) is 25.7 Å². The zero-order valence-corrected chi connectivity index (χ0v) is 21.4. The summed E-state index contributed by atoms with van der Waals surface area (Å²) in [6.45, 7) is 0.117. The highest BCUT2D eigenvalue weighted by Crippen LogP contribution is 2.22. The van der Waals surface area contributed by atoms with Gasteiger partial charge in [0.25, 0.3) is 11.8 Å². The van der Waals surface area contributed by atoms with Gasteiger partial charge in [-0.1, -0.05) is 11.6 Å². The molecule has 1 atom stereocenters. The van der Waals surface area contributed by atoms with Crippen LogP contribution in [-0.4, -0.2) is 72.7 Å². The lowest BCUT2D eigenvalue weighted by Crippen LogP contribution is -2.57. The Bertz CT molecular complexity index is 1090. The third-order valence-electron chi connectivity index (χ3n) is 6.62. The maximum atomic E-state index is 13.4. The van der Waals surface area contributed by atoms with E-state index in [9.17, 15) is 14.4 Å². The van der Waals surface area contributed by atoms with E-state index in [1.807, 2.05) is 0 Å². The van der Waals surface area contributed by atoms with Crippen molar-refractivity contribution in [2.75, 3.05) is 32.1 Å². The van der Waals surface area contributed by atoms with Crippen molar-refractivity contribution in [3.63, 3.8) is 0 Å². The Labute approximate surface area is 221 Å². The van der Waals surface area contributed by atoms with Crippen molar-refractivity contribution in [1.82, 2.24) is 15.1 Å². The number of rotatable bonds is 7. The number of anilines is 1. The number of hydrogen-bond acceptors (Lipinski definition) is 6. The molecule has 37 heavy (non-hydrogen) atoms. The molecule has 0 radical (unpaired) electrons. The van der Waals surface area contributed by atoms with Crippen LogP contribution in [0.15, 0.2) is 48.5 Å². The minimum Gasteiger partial charge on any atom is -0.497 e. The second kappa shape index (κ2) is 12.2. The van der Waals surface area contributed by atoms with Gasteiger partial charge in [0.2, 0.25) is 0 Å². The summed E-state index contributed by atoms with van der Waals surface area (Å²) in [6, 6.07) is 13.1. The first-order valence-corrected chi connectivity index (χ1v) is 12.7. The van der Waals surface area contributed by atoms with Crippen LogP contribution in [0.2, 0.25) is 5.02 Å². The van der Waals surface area contributed by atoms with E-state index in [4.69, 9.17) is 26.8 Å². The Hall–Kier alpha value is -3.50. The molecule has 11 heteroatoms. The fraction of sp³-hybridized carbons (Fsp3) is 0.423. The van der Waals surface area contributed by atoms with Crippen molar-refractivity contribution in [3.8, 4) is 11.5 Å². The molecule has 1 unspecified atom stereocenters. The fourth-order valence-electron chi connectivity index (χ4n) is 4.55. The minimum atomic E-state index is -1.10. The van der Waals surface area contributed by atoms with Gasteiger partial charge in [0.1, 0.15) is 11.5 Å². The van der Waals surface area contributed by atoms with Crippen molar-refractivity contribution in [2.24, 2.45) is 5.73 Å². The van der Waals surface area contributed by atoms with Crippen LogP contribution in [0.4, 0.5) is 10.5 Å². The summed E-state index contributed by atoms with van der Waals surface area (Å²) in [5.41, 5.74) is 6.54. The Kier molecular flexibility index (Phi) is 8.73. The summed E-state index contributed by atoms with van der Waals surface area (Å²) in [5.74, 6) is 0.329. The number of halogens is 1. The van der Waals surface area contributed by atoms with Gasteiger partial charge >= 0.3 is 6.03 Å². The first-order valence-electron chi connectivity index (χ1n) is 12.3.